The summed E-state index contributed by atoms with van der Waals surface area (Å²) in [6.07, 6.45) is 0.167. The van der Waals surface area contributed by atoms with Gasteiger partial charge in [-0.2, -0.15) is 0 Å². The average Bonchev–Trinajstić information content (AvgIpc) is 1.79. The number of carbonyl (C=O) groups is 4. The molecule has 0 fully saturated rings. The van der Waals surface area contributed by atoms with Crippen LogP contribution < -0.4 is 0 Å². The first kappa shape index (κ1) is 20.6. The van der Waals surface area contributed by atoms with Gasteiger partial charge in [-0.25, -0.2) is 0 Å². The van der Waals surface area contributed by atoms with Crippen LogP contribution in [0.4, 0.5) is 0 Å². The topological polar surface area (TPSA) is 68.3 Å². The number of Topliss-reactive ketones (excluding diaryl/α,β-unsaturated/α-hetero) is 4. The number of hydrogen-bond donors (Lipinski definition) is 0. The summed E-state index contributed by atoms with van der Waals surface area (Å²) in [5.74, 6) is -0.250. The predicted octanol–water partition coefficient (Wildman–Crippen LogP) is 0.728. The fourth-order valence-electron chi connectivity index (χ4n) is 0.701. The van der Waals surface area contributed by atoms with Crippen molar-refractivity contribution in [3.8, 4) is 0 Å². The largest absolute Gasteiger partial charge is 0.300 e. The van der Waals surface area contributed by atoms with Crippen LogP contribution >= 0.6 is 0 Å². The van der Waals surface area contributed by atoms with E-state index in [0.29, 0.717) is 0 Å². The van der Waals surface area contributed by atoms with E-state index in [1.165, 1.54) is 27.7 Å². The van der Waals surface area contributed by atoms with Gasteiger partial charge in [0.1, 0.15) is 23.1 Å². The Morgan fingerprint density at radius 2 is 0.733 bits per heavy atom. The van der Waals surface area contributed by atoms with Crippen LogP contribution in [0.1, 0.15) is 40.5 Å². The molecule has 0 atom stereocenters. The molecule has 0 unspecified atom stereocenters. The summed E-state index contributed by atoms with van der Waals surface area (Å²) in [4.78, 5) is 40.1. The summed E-state index contributed by atoms with van der Waals surface area (Å²) < 4.78 is 0. The van der Waals surface area contributed by atoms with E-state index in [4.69, 9.17) is 0 Å². The van der Waals surface area contributed by atoms with Crippen LogP contribution in [0.3, 0.4) is 0 Å². The minimum Gasteiger partial charge on any atom is -0.300 e. The van der Waals surface area contributed by atoms with Crippen molar-refractivity contribution in [2.24, 2.45) is 0 Å². The van der Waals surface area contributed by atoms with Gasteiger partial charge in [-0.15, -0.1) is 0 Å². The van der Waals surface area contributed by atoms with Gasteiger partial charge in [-0.1, -0.05) is 0 Å². The summed E-state index contributed by atoms with van der Waals surface area (Å²) >= 11 is 0. The molecule has 0 aliphatic carbocycles. The van der Waals surface area contributed by atoms with Crippen LogP contribution in [-0.2, 0) is 19.2 Å². The SMILES string of the molecule is CC(=O)CC(C)=O.CC(=O)CC(C)=O.[Ba]. The van der Waals surface area contributed by atoms with Gasteiger partial charge in [0.15, 0.2) is 0 Å². The van der Waals surface area contributed by atoms with Gasteiger partial charge in [0.25, 0.3) is 0 Å². The number of carbonyl (C=O) groups excluding carboxylic acids is 4. The van der Waals surface area contributed by atoms with Crippen LogP contribution in [0.2, 0.25) is 0 Å². The molecule has 0 aromatic carbocycles. The summed E-state index contributed by atoms with van der Waals surface area (Å²) in [7, 11) is 0. The Morgan fingerprint density at radius 1 is 0.600 bits per heavy atom. The minimum atomic E-state index is -0.0625. The molecule has 0 aliphatic rings. The molecule has 0 amide bonds. The molecule has 0 aliphatic heterocycles. The molecule has 0 rings (SSSR count). The first-order chi connectivity index (χ1) is 6.25. The zero-order valence-electron chi connectivity index (χ0n) is 9.75. The Kier molecular flexibility index (Phi) is 17.0. The molecule has 82 valence electrons. The number of rotatable bonds is 4. The maximum atomic E-state index is 10.0. The van der Waals surface area contributed by atoms with Gasteiger partial charge >= 0.3 is 0 Å². The minimum absolute atomic E-state index is 0. The first-order valence-corrected chi connectivity index (χ1v) is 4.23. The molecule has 0 aromatic rings. The average molecular weight is 338 g/mol. The van der Waals surface area contributed by atoms with Crippen LogP contribution in [0, 0.1) is 0 Å². The summed E-state index contributed by atoms with van der Waals surface area (Å²) in [6, 6.07) is 0. The molecule has 0 N–H and O–H groups in total. The summed E-state index contributed by atoms with van der Waals surface area (Å²) in [5.41, 5.74) is 0. The third-order valence-electron chi connectivity index (χ3n) is 0.996. The van der Waals surface area contributed by atoms with E-state index in [1.54, 1.807) is 0 Å². The van der Waals surface area contributed by atoms with Crippen LogP contribution in [0.25, 0.3) is 0 Å². The van der Waals surface area contributed by atoms with Gasteiger partial charge in [-0.3, -0.25) is 19.2 Å². The van der Waals surface area contributed by atoms with E-state index in [9.17, 15) is 19.2 Å². The third kappa shape index (κ3) is 31.4. The first-order valence-electron chi connectivity index (χ1n) is 4.23. The van der Waals surface area contributed by atoms with Gasteiger partial charge in [0, 0.05) is 48.9 Å². The van der Waals surface area contributed by atoms with Gasteiger partial charge in [-0.05, 0) is 27.7 Å². The van der Waals surface area contributed by atoms with E-state index in [1.807, 2.05) is 0 Å². The molecule has 0 saturated carbocycles. The van der Waals surface area contributed by atoms with E-state index in [2.05, 4.69) is 0 Å². The molecule has 4 nitrogen and oxygen atoms in total. The van der Waals surface area contributed by atoms with Crippen LogP contribution in [0.5, 0.6) is 0 Å². The molecule has 15 heavy (non-hydrogen) atoms. The van der Waals surface area contributed by atoms with Crippen molar-refractivity contribution >= 4 is 72.0 Å². The predicted molar refractivity (Wildman–Crippen MR) is 57.7 cm³/mol. The van der Waals surface area contributed by atoms with E-state index >= 15 is 0 Å². The van der Waals surface area contributed by atoms with Gasteiger partial charge in [0.2, 0.25) is 0 Å². The van der Waals surface area contributed by atoms with Crippen molar-refractivity contribution in [2.45, 2.75) is 40.5 Å². The zero-order chi connectivity index (χ0) is 11.7. The molecular weight excluding hydrogens is 321 g/mol. The Hall–Kier alpha value is 0.251. The van der Waals surface area contributed by atoms with Crippen molar-refractivity contribution in [2.75, 3.05) is 0 Å². The van der Waals surface area contributed by atoms with Crippen molar-refractivity contribution in [1.82, 2.24) is 0 Å². The Morgan fingerprint density at radius 3 is 0.733 bits per heavy atom. The zero-order valence-corrected chi connectivity index (χ0v) is 14.2. The smallest absolute Gasteiger partial charge is 0.137 e. The Labute approximate surface area is 130 Å². The monoisotopic (exact) mass is 338 g/mol. The second-order valence-electron chi connectivity index (χ2n) is 3.16. The number of ketones is 4. The van der Waals surface area contributed by atoms with E-state index in [0.717, 1.165) is 0 Å². The standard InChI is InChI=1S/2C5H8O2.Ba/c2*1-4(6)3-5(2)7;/h2*3H2,1-2H3;. The molecule has 0 bridgehead atoms. The molecule has 0 heterocycles. The summed E-state index contributed by atoms with van der Waals surface area (Å²) in [6.45, 7) is 5.62. The quantitative estimate of drug-likeness (QED) is 0.560. The molecule has 0 saturated heterocycles. The molecular formula is C10H16BaO4. The fraction of sp³-hybridized carbons (Fsp3) is 0.600. The maximum absolute atomic E-state index is 10.0. The summed E-state index contributed by atoms with van der Waals surface area (Å²) in [5, 5.41) is 0. The maximum Gasteiger partial charge on any atom is 0.137 e. The Bertz CT molecular complexity index is 196. The van der Waals surface area contributed by atoms with Crippen LogP contribution in [-0.4, -0.2) is 72.0 Å². The van der Waals surface area contributed by atoms with Crippen molar-refractivity contribution in [3.63, 3.8) is 0 Å². The Balaban J connectivity index is -0.000000180. The second kappa shape index (κ2) is 12.3. The van der Waals surface area contributed by atoms with Crippen molar-refractivity contribution in [1.29, 1.82) is 0 Å². The van der Waals surface area contributed by atoms with Gasteiger partial charge in [0.05, 0.1) is 12.8 Å². The normalized spacial score (nSPS) is 7.73. The van der Waals surface area contributed by atoms with Crippen molar-refractivity contribution in [3.05, 3.63) is 0 Å². The van der Waals surface area contributed by atoms with E-state index < -0.39 is 0 Å². The molecule has 5 heteroatoms. The molecule has 2 radical (unpaired) electrons. The fourth-order valence-corrected chi connectivity index (χ4v) is 0.701. The third-order valence-corrected chi connectivity index (χ3v) is 0.996. The molecule has 0 spiro atoms. The number of hydrogen-bond acceptors (Lipinski definition) is 4. The van der Waals surface area contributed by atoms with E-state index in [-0.39, 0.29) is 84.9 Å². The molecule has 0 aromatic heterocycles. The van der Waals surface area contributed by atoms with Crippen LogP contribution in [0.15, 0.2) is 0 Å². The van der Waals surface area contributed by atoms with Gasteiger partial charge < -0.3 is 0 Å². The van der Waals surface area contributed by atoms with Crippen molar-refractivity contribution < 1.29 is 19.2 Å². The second-order valence-corrected chi connectivity index (χ2v) is 3.16.